The van der Waals surface area contributed by atoms with Crippen LogP contribution < -0.4 is 14.8 Å². The zero-order valence-corrected chi connectivity index (χ0v) is 16.2. The molecule has 1 atom stereocenters. The minimum absolute atomic E-state index is 0.215. The van der Waals surface area contributed by atoms with E-state index in [2.05, 4.69) is 15.4 Å². The molecule has 0 aliphatic carbocycles. The number of rotatable bonds is 6. The van der Waals surface area contributed by atoms with Crippen molar-refractivity contribution < 1.29 is 23.9 Å². The Kier molecular flexibility index (Phi) is 5.58. The Labute approximate surface area is 167 Å². The smallest absolute Gasteiger partial charge is 0.346 e. The Hall–Kier alpha value is -3.75. The first-order valence-corrected chi connectivity index (χ1v) is 8.89. The maximum Gasteiger partial charge on any atom is 0.346 e. The molecule has 1 aliphatic heterocycles. The molecular weight excluding hydrogens is 376 g/mol. The van der Waals surface area contributed by atoms with Crippen LogP contribution in [0.2, 0.25) is 0 Å². The number of carbonyl (C=O) groups is 3. The van der Waals surface area contributed by atoms with Gasteiger partial charge in [-0.1, -0.05) is 6.92 Å². The number of hydrazone groups is 1. The first kappa shape index (κ1) is 20.0. The zero-order chi connectivity index (χ0) is 21.0. The van der Waals surface area contributed by atoms with Gasteiger partial charge in [-0.05, 0) is 49.2 Å². The van der Waals surface area contributed by atoms with Crippen LogP contribution in [0.5, 0.6) is 11.5 Å². The van der Waals surface area contributed by atoms with E-state index >= 15 is 0 Å². The molecule has 1 aliphatic rings. The lowest BCUT2D eigenvalue weighted by Crippen LogP contribution is -2.42. The number of carbonyl (C=O) groups excluding carboxylic acids is 3. The van der Waals surface area contributed by atoms with E-state index in [1.54, 1.807) is 37.4 Å². The largest absolute Gasteiger partial charge is 0.493 e. The number of hydrogen-bond acceptors (Lipinski definition) is 7. The van der Waals surface area contributed by atoms with Crippen molar-refractivity contribution >= 4 is 24.1 Å². The van der Waals surface area contributed by atoms with Gasteiger partial charge in [0.15, 0.2) is 11.5 Å². The minimum Gasteiger partial charge on any atom is -0.493 e. The Bertz CT molecular complexity index is 976. The molecule has 0 spiro atoms. The summed E-state index contributed by atoms with van der Waals surface area (Å²) in [6.45, 7) is 3.46. The summed E-state index contributed by atoms with van der Waals surface area (Å²) in [5.74, 6) is -0.486. The lowest BCUT2D eigenvalue weighted by molar-refractivity contribution is -0.130. The molecule has 1 fully saturated rings. The Balaban J connectivity index is 1.77. The highest BCUT2D eigenvalue weighted by molar-refractivity contribution is 6.07. The van der Waals surface area contributed by atoms with Crippen molar-refractivity contribution in [3.63, 3.8) is 0 Å². The zero-order valence-electron chi connectivity index (χ0n) is 16.2. The number of amides is 3. The van der Waals surface area contributed by atoms with E-state index in [1.165, 1.54) is 25.6 Å². The quantitative estimate of drug-likeness (QED) is 0.347. The number of hydrogen-bond donors (Lipinski definition) is 1. The molecule has 0 saturated carbocycles. The summed E-state index contributed by atoms with van der Waals surface area (Å²) < 4.78 is 10.6. The summed E-state index contributed by atoms with van der Waals surface area (Å²) in [6.07, 6.45) is 4.76. The van der Waals surface area contributed by atoms with E-state index in [0.717, 1.165) is 5.01 Å². The van der Waals surface area contributed by atoms with Crippen LogP contribution in [0.15, 0.2) is 47.8 Å². The van der Waals surface area contributed by atoms with Crippen LogP contribution in [0, 0.1) is 0 Å². The summed E-state index contributed by atoms with van der Waals surface area (Å²) in [5.41, 5.74) is -0.109. The van der Waals surface area contributed by atoms with Gasteiger partial charge in [0.2, 0.25) is 0 Å². The number of aromatic nitrogens is 1. The molecule has 0 bridgehead atoms. The normalized spacial score (nSPS) is 18.8. The van der Waals surface area contributed by atoms with Gasteiger partial charge in [-0.2, -0.15) is 5.10 Å². The summed E-state index contributed by atoms with van der Waals surface area (Å²) in [6, 6.07) is 7.38. The fourth-order valence-corrected chi connectivity index (χ4v) is 2.63. The maximum absolute atomic E-state index is 12.4. The van der Waals surface area contributed by atoms with Gasteiger partial charge in [0.1, 0.15) is 5.54 Å². The molecule has 1 unspecified atom stereocenters. The van der Waals surface area contributed by atoms with Crippen LogP contribution in [0.3, 0.4) is 0 Å². The molecule has 1 aromatic carbocycles. The second-order valence-electron chi connectivity index (χ2n) is 6.52. The highest BCUT2D eigenvalue weighted by atomic mass is 16.6. The van der Waals surface area contributed by atoms with Gasteiger partial charge in [0, 0.05) is 12.4 Å². The van der Waals surface area contributed by atoms with E-state index in [4.69, 9.17) is 9.47 Å². The van der Waals surface area contributed by atoms with Crippen molar-refractivity contribution in [3.05, 3.63) is 53.9 Å². The lowest BCUT2D eigenvalue weighted by Gasteiger charge is -2.17. The van der Waals surface area contributed by atoms with Gasteiger partial charge >= 0.3 is 12.0 Å². The molecule has 3 amide bonds. The van der Waals surface area contributed by atoms with Crippen LogP contribution in [0.25, 0.3) is 0 Å². The van der Waals surface area contributed by atoms with Gasteiger partial charge in [-0.15, -0.1) is 5.01 Å². The molecule has 0 radical (unpaired) electrons. The van der Waals surface area contributed by atoms with E-state index in [1.807, 2.05) is 6.92 Å². The number of pyridine rings is 1. The van der Waals surface area contributed by atoms with Crippen LogP contribution in [-0.4, -0.2) is 46.8 Å². The molecule has 29 heavy (non-hydrogen) atoms. The first-order chi connectivity index (χ1) is 13.9. The van der Waals surface area contributed by atoms with Crippen LogP contribution >= 0.6 is 0 Å². The Morgan fingerprint density at radius 1 is 1.31 bits per heavy atom. The molecule has 2 aromatic rings. The van der Waals surface area contributed by atoms with Crippen molar-refractivity contribution in [1.29, 1.82) is 0 Å². The molecule has 150 valence electrons. The van der Waals surface area contributed by atoms with Crippen LogP contribution in [0.4, 0.5) is 4.79 Å². The van der Waals surface area contributed by atoms with Crippen molar-refractivity contribution in [2.75, 3.05) is 7.11 Å². The topological polar surface area (TPSA) is 110 Å². The summed E-state index contributed by atoms with van der Waals surface area (Å²) in [5, 5.41) is 7.41. The molecule has 9 heteroatoms. The number of esters is 1. The van der Waals surface area contributed by atoms with Crippen LogP contribution in [-0.2, 0) is 4.79 Å². The Morgan fingerprint density at radius 3 is 2.72 bits per heavy atom. The fourth-order valence-electron chi connectivity index (χ4n) is 2.63. The monoisotopic (exact) mass is 396 g/mol. The third-order valence-electron chi connectivity index (χ3n) is 4.56. The van der Waals surface area contributed by atoms with Gasteiger partial charge in [0.25, 0.3) is 5.91 Å². The van der Waals surface area contributed by atoms with Gasteiger partial charge in [0.05, 0.1) is 18.9 Å². The molecule has 1 aromatic heterocycles. The average molecular weight is 396 g/mol. The third kappa shape index (κ3) is 4.08. The van der Waals surface area contributed by atoms with E-state index in [-0.39, 0.29) is 5.75 Å². The second-order valence-corrected chi connectivity index (χ2v) is 6.52. The van der Waals surface area contributed by atoms with E-state index in [9.17, 15) is 14.4 Å². The number of ether oxygens (including phenoxy) is 2. The number of methoxy groups -OCH3 is 1. The second kappa shape index (κ2) is 8.09. The SMILES string of the molecule is CCC1(C)NC(=O)N(/N=C/c2ccc(OC(=O)c3cccnc3)c(OC)c2)C1=O. The van der Waals surface area contributed by atoms with Crippen LogP contribution in [0.1, 0.15) is 36.2 Å². The number of urea groups is 1. The minimum atomic E-state index is -0.962. The van der Waals surface area contributed by atoms with Crippen molar-refractivity contribution in [1.82, 2.24) is 15.3 Å². The summed E-state index contributed by atoms with van der Waals surface area (Å²) >= 11 is 0. The summed E-state index contributed by atoms with van der Waals surface area (Å²) in [4.78, 5) is 40.4. The van der Waals surface area contributed by atoms with Crippen molar-refractivity contribution in [3.8, 4) is 11.5 Å². The highest BCUT2D eigenvalue weighted by Gasteiger charge is 2.46. The van der Waals surface area contributed by atoms with E-state index < -0.39 is 23.4 Å². The Morgan fingerprint density at radius 2 is 2.10 bits per heavy atom. The van der Waals surface area contributed by atoms with Crippen molar-refractivity contribution in [2.45, 2.75) is 25.8 Å². The van der Waals surface area contributed by atoms with E-state index in [0.29, 0.717) is 23.3 Å². The number of nitrogens with one attached hydrogen (secondary N) is 1. The number of nitrogens with zero attached hydrogens (tertiary/aromatic N) is 3. The van der Waals surface area contributed by atoms with Gasteiger partial charge in [-0.3, -0.25) is 9.78 Å². The maximum atomic E-state index is 12.4. The highest BCUT2D eigenvalue weighted by Crippen LogP contribution is 2.28. The van der Waals surface area contributed by atoms with Gasteiger partial charge in [-0.25, -0.2) is 9.59 Å². The number of imide groups is 1. The average Bonchev–Trinajstić information content (AvgIpc) is 2.96. The molecular formula is C20H20N4O5. The number of benzene rings is 1. The van der Waals surface area contributed by atoms with Gasteiger partial charge < -0.3 is 14.8 Å². The molecule has 2 heterocycles. The van der Waals surface area contributed by atoms with Crippen molar-refractivity contribution in [2.24, 2.45) is 5.10 Å². The molecule has 1 saturated heterocycles. The molecule has 3 rings (SSSR count). The first-order valence-electron chi connectivity index (χ1n) is 8.89. The molecule has 9 nitrogen and oxygen atoms in total. The predicted octanol–water partition coefficient (Wildman–Crippen LogP) is 2.36. The predicted molar refractivity (Wildman–Crippen MR) is 104 cm³/mol. The standard InChI is InChI=1S/C20H20N4O5/c1-4-20(2)18(26)24(19(27)23-20)22-11-13-7-8-15(16(10-13)28-3)29-17(25)14-6-5-9-21-12-14/h5-12H,4H2,1-3H3,(H,23,27)/b22-11+. The summed E-state index contributed by atoms with van der Waals surface area (Å²) in [7, 11) is 1.43. The lowest BCUT2D eigenvalue weighted by atomic mass is 10.00. The fraction of sp³-hybridized carbons (Fsp3) is 0.250. The third-order valence-corrected chi connectivity index (χ3v) is 4.56. The molecule has 1 N–H and O–H groups in total.